The summed E-state index contributed by atoms with van der Waals surface area (Å²) in [5, 5.41) is 13.4. The van der Waals surface area contributed by atoms with Crippen LogP contribution in [0, 0.1) is 28.4 Å². The van der Waals surface area contributed by atoms with Crippen molar-refractivity contribution < 1.29 is 41.4 Å². The van der Waals surface area contributed by atoms with Gasteiger partial charge in [0.2, 0.25) is 0 Å². The molecule has 0 spiro atoms. The topological polar surface area (TPSA) is 92.5 Å². The normalized spacial score (nSPS) is 22.9. The summed E-state index contributed by atoms with van der Waals surface area (Å²) in [5.41, 5.74) is -4.00. The number of carboxylic acids is 1. The number of nitrogens with zero attached hydrogens (tertiary/aromatic N) is 3. The number of carbonyl (C=O) groups excluding carboxylic acids is 2. The fraction of sp³-hybridized carbons (Fsp3) is 0.571. The molecule has 0 aliphatic heterocycles. The summed E-state index contributed by atoms with van der Waals surface area (Å²) in [5.74, 6) is -5.56. The summed E-state index contributed by atoms with van der Waals surface area (Å²) in [6.45, 7) is 4.68. The third-order valence-electron chi connectivity index (χ3n) is 8.24. The van der Waals surface area contributed by atoms with Crippen LogP contribution in [-0.4, -0.2) is 50.5 Å². The van der Waals surface area contributed by atoms with Crippen molar-refractivity contribution in [2.24, 2.45) is 16.7 Å². The number of Topliss-reactive ketones (excluding diaryl/α,β-unsaturated/α-hetero) is 1. The molecule has 2 aromatic rings. The first-order chi connectivity index (χ1) is 18.5. The highest BCUT2D eigenvalue weighted by Gasteiger charge is 2.46. The maximum absolute atomic E-state index is 14.4. The number of aliphatic carboxylic acids is 1. The minimum Gasteiger partial charge on any atom is -0.481 e. The zero-order valence-corrected chi connectivity index (χ0v) is 22.5. The number of hydrogen-bond acceptors (Lipinski definition) is 4. The Morgan fingerprint density at radius 1 is 1.07 bits per heavy atom. The van der Waals surface area contributed by atoms with Crippen molar-refractivity contribution in [3.8, 4) is 0 Å². The molecule has 2 aliphatic carbocycles. The second kappa shape index (κ2) is 10.6. The van der Waals surface area contributed by atoms with Crippen LogP contribution in [-0.2, 0) is 11.0 Å². The van der Waals surface area contributed by atoms with Crippen LogP contribution in [0.25, 0.3) is 0 Å². The SMILES string of the molecule is CC1(C)CC(CN(CC(=O)c2c(F)cccc2F)C(=O)c2cnn(C3CCC(C)(C(=O)O)CC3)c2C(F)(F)F)C1. The van der Waals surface area contributed by atoms with Gasteiger partial charge in [-0.25, -0.2) is 8.78 Å². The van der Waals surface area contributed by atoms with Crippen molar-refractivity contribution in [2.45, 2.75) is 71.5 Å². The molecule has 0 saturated heterocycles. The first-order valence-corrected chi connectivity index (χ1v) is 13.2. The molecule has 12 heteroatoms. The first-order valence-electron chi connectivity index (χ1n) is 13.2. The van der Waals surface area contributed by atoms with Crippen molar-refractivity contribution in [1.82, 2.24) is 14.7 Å². The zero-order valence-electron chi connectivity index (χ0n) is 22.5. The predicted octanol–water partition coefficient (Wildman–Crippen LogP) is 6.15. The zero-order chi connectivity index (χ0) is 29.6. The Kier molecular flexibility index (Phi) is 7.85. The van der Waals surface area contributed by atoms with Gasteiger partial charge in [-0.15, -0.1) is 0 Å². The number of aromatic nitrogens is 2. The summed E-state index contributed by atoms with van der Waals surface area (Å²) >= 11 is 0. The number of rotatable bonds is 8. The van der Waals surface area contributed by atoms with Crippen LogP contribution in [0.15, 0.2) is 24.4 Å². The molecule has 4 rings (SSSR count). The van der Waals surface area contributed by atoms with Gasteiger partial charge < -0.3 is 10.0 Å². The number of carboxylic acid groups (broad SMARTS) is 1. The molecule has 1 aromatic carbocycles. The molecule has 0 bridgehead atoms. The van der Waals surface area contributed by atoms with Gasteiger partial charge in [-0.05, 0) is 68.9 Å². The van der Waals surface area contributed by atoms with E-state index in [1.165, 1.54) is 0 Å². The first kappa shape index (κ1) is 29.7. The molecule has 0 unspecified atom stereocenters. The molecular weight excluding hydrogens is 537 g/mol. The second-order valence-electron chi connectivity index (χ2n) is 12.1. The minimum atomic E-state index is -4.99. The number of ketones is 1. The highest BCUT2D eigenvalue weighted by atomic mass is 19.4. The molecule has 0 atom stereocenters. The number of halogens is 5. The molecule has 1 N–H and O–H groups in total. The van der Waals surface area contributed by atoms with Crippen LogP contribution in [0.4, 0.5) is 22.0 Å². The van der Waals surface area contributed by atoms with E-state index in [1.807, 2.05) is 13.8 Å². The molecule has 0 radical (unpaired) electrons. The maximum Gasteiger partial charge on any atom is 0.433 e. The molecule has 2 aliphatic rings. The number of amides is 1. The van der Waals surface area contributed by atoms with Gasteiger partial charge in [-0.2, -0.15) is 18.3 Å². The Morgan fingerprint density at radius 2 is 1.65 bits per heavy atom. The largest absolute Gasteiger partial charge is 0.481 e. The molecule has 2 fully saturated rings. The molecule has 40 heavy (non-hydrogen) atoms. The van der Waals surface area contributed by atoms with Gasteiger partial charge >= 0.3 is 12.1 Å². The van der Waals surface area contributed by atoms with E-state index in [-0.39, 0.29) is 43.6 Å². The quantitative estimate of drug-likeness (QED) is 0.304. The summed E-state index contributed by atoms with van der Waals surface area (Å²) in [6.07, 6.45) is -2.34. The molecule has 1 aromatic heterocycles. The maximum atomic E-state index is 14.4. The van der Waals surface area contributed by atoms with E-state index in [0.29, 0.717) is 12.8 Å². The minimum absolute atomic E-state index is 0.0332. The summed E-state index contributed by atoms with van der Waals surface area (Å²) in [6, 6.07) is 2.08. The van der Waals surface area contributed by atoms with Crippen LogP contribution in [0.3, 0.4) is 0 Å². The average Bonchev–Trinajstić information content (AvgIpc) is 3.28. The van der Waals surface area contributed by atoms with E-state index in [4.69, 9.17) is 0 Å². The van der Waals surface area contributed by atoms with Crippen molar-refractivity contribution in [1.29, 1.82) is 0 Å². The van der Waals surface area contributed by atoms with Crippen molar-refractivity contribution >= 4 is 17.7 Å². The van der Waals surface area contributed by atoms with Gasteiger partial charge in [0.25, 0.3) is 5.91 Å². The smallest absolute Gasteiger partial charge is 0.433 e. The van der Waals surface area contributed by atoms with E-state index >= 15 is 0 Å². The standard InChI is InChI=1S/C28H32F5N3O4/c1-26(2)11-16(12-26)14-35(15-21(37)22-19(29)5-4-6-20(22)30)24(38)18-13-34-36(23(18)28(31,32)33)17-7-9-27(3,10-8-17)25(39)40/h4-6,13,16-17H,7-12,14-15H2,1-3H3,(H,39,40). The molecule has 1 heterocycles. The van der Waals surface area contributed by atoms with Gasteiger partial charge in [0.05, 0.1) is 35.3 Å². The Hall–Kier alpha value is -3.31. The Morgan fingerprint density at radius 3 is 2.15 bits per heavy atom. The number of benzene rings is 1. The lowest BCUT2D eigenvalue weighted by atomic mass is 9.64. The van der Waals surface area contributed by atoms with E-state index in [1.54, 1.807) is 6.92 Å². The Balaban J connectivity index is 1.65. The summed E-state index contributed by atoms with van der Waals surface area (Å²) in [7, 11) is 0. The molecular formula is C28H32F5N3O4. The lowest BCUT2D eigenvalue weighted by molar-refractivity contribution is -0.152. The van der Waals surface area contributed by atoms with Gasteiger partial charge in [0.1, 0.15) is 11.6 Å². The molecule has 1 amide bonds. The Labute approximate surface area is 228 Å². The molecule has 2 saturated carbocycles. The van der Waals surface area contributed by atoms with Crippen LogP contribution in [0.2, 0.25) is 0 Å². The Bertz CT molecular complexity index is 1280. The van der Waals surface area contributed by atoms with Crippen molar-refractivity contribution in [3.05, 3.63) is 52.9 Å². The summed E-state index contributed by atoms with van der Waals surface area (Å²) in [4.78, 5) is 39.1. The highest BCUT2D eigenvalue weighted by Crippen LogP contribution is 2.46. The van der Waals surface area contributed by atoms with Crippen molar-refractivity contribution in [3.63, 3.8) is 0 Å². The molecule has 218 valence electrons. The van der Waals surface area contributed by atoms with Gasteiger partial charge in [-0.3, -0.25) is 19.1 Å². The lowest BCUT2D eigenvalue weighted by Crippen LogP contribution is -2.45. The van der Waals surface area contributed by atoms with Gasteiger partial charge in [0, 0.05) is 6.54 Å². The number of alkyl halides is 3. The lowest BCUT2D eigenvalue weighted by Gasteiger charge is -2.44. The molecule has 7 nitrogen and oxygen atoms in total. The predicted molar refractivity (Wildman–Crippen MR) is 134 cm³/mol. The van der Waals surface area contributed by atoms with Crippen LogP contribution >= 0.6 is 0 Å². The second-order valence-corrected chi connectivity index (χ2v) is 12.1. The van der Waals surface area contributed by atoms with Crippen LogP contribution in [0.5, 0.6) is 0 Å². The van der Waals surface area contributed by atoms with Gasteiger partial charge in [-0.1, -0.05) is 19.9 Å². The average molecular weight is 570 g/mol. The summed E-state index contributed by atoms with van der Waals surface area (Å²) < 4.78 is 72.5. The van der Waals surface area contributed by atoms with E-state index in [2.05, 4.69) is 5.10 Å². The number of carbonyl (C=O) groups is 3. The highest BCUT2D eigenvalue weighted by molar-refractivity contribution is 6.02. The van der Waals surface area contributed by atoms with Crippen molar-refractivity contribution in [2.75, 3.05) is 13.1 Å². The van der Waals surface area contributed by atoms with E-state index < -0.39 is 70.3 Å². The van der Waals surface area contributed by atoms with Crippen LogP contribution in [0.1, 0.15) is 91.7 Å². The third kappa shape index (κ3) is 5.90. The van der Waals surface area contributed by atoms with E-state index in [0.717, 1.165) is 34.0 Å². The third-order valence-corrected chi connectivity index (χ3v) is 8.24. The monoisotopic (exact) mass is 569 g/mol. The number of hydrogen-bond donors (Lipinski definition) is 1. The van der Waals surface area contributed by atoms with Gasteiger partial charge in [0.15, 0.2) is 11.5 Å². The van der Waals surface area contributed by atoms with E-state index in [9.17, 15) is 41.4 Å². The fourth-order valence-corrected chi connectivity index (χ4v) is 6.13. The van der Waals surface area contributed by atoms with Crippen LogP contribution < -0.4 is 0 Å². The fourth-order valence-electron chi connectivity index (χ4n) is 6.13.